The van der Waals surface area contributed by atoms with Crippen molar-refractivity contribution in [3.63, 3.8) is 0 Å². The first kappa shape index (κ1) is 15.8. The van der Waals surface area contributed by atoms with Gasteiger partial charge < -0.3 is 14.8 Å². The van der Waals surface area contributed by atoms with Crippen molar-refractivity contribution < 1.29 is 14.3 Å². The van der Waals surface area contributed by atoms with E-state index < -0.39 is 0 Å². The number of carbonyl (C=O) groups is 1. The van der Waals surface area contributed by atoms with E-state index in [9.17, 15) is 4.79 Å². The number of carbonyl (C=O) groups excluding carboxylic acids is 1. The fourth-order valence-corrected chi connectivity index (χ4v) is 2.33. The van der Waals surface area contributed by atoms with Gasteiger partial charge in [0.15, 0.2) is 6.61 Å². The minimum atomic E-state index is -0.182. The van der Waals surface area contributed by atoms with Gasteiger partial charge in [0.1, 0.15) is 17.0 Å². The summed E-state index contributed by atoms with van der Waals surface area (Å²) in [5, 5.41) is 3.81. The summed E-state index contributed by atoms with van der Waals surface area (Å²) in [6.45, 7) is 0.395. The van der Waals surface area contributed by atoms with Crippen molar-refractivity contribution in [2.24, 2.45) is 0 Å². The minimum Gasteiger partial charge on any atom is -0.497 e. The third-order valence-electron chi connectivity index (χ3n) is 3.60. The first-order valence-corrected chi connectivity index (χ1v) is 7.62. The summed E-state index contributed by atoms with van der Waals surface area (Å²) < 4.78 is 10.7. The second kappa shape index (κ2) is 7.46. The van der Waals surface area contributed by atoms with E-state index >= 15 is 0 Å². The second-order valence-electron chi connectivity index (χ2n) is 5.24. The molecule has 1 aromatic heterocycles. The maximum Gasteiger partial charge on any atom is 0.258 e. The fourth-order valence-electron chi connectivity index (χ4n) is 2.33. The van der Waals surface area contributed by atoms with Crippen LogP contribution >= 0.6 is 0 Å². The molecule has 1 heterocycles. The van der Waals surface area contributed by atoms with E-state index in [2.05, 4.69) is 10.3 Å². The van der Waals surface area contributed by atoms with Gasteiger partial charge >= 0.3 is 0 Å². The first-order valence-electron chi connectivity index (χ1n) is 7.62. The van der Waals surface area contributed by atoms with Crippen molar-refractivity contribution in [2.75, 3.05) is 13.7 Å². The number of pyridine rings is 1. The molecule has 0 unspecified atom stereocenters. The Morgan fingerprint density at radius 1 is 1.08 bits per heavy atom. The van der Waals surface area contributed by atoms with E-state index in [0.29, 0.717) is 12.3 Å². The highest BCUT2D eigenvalue weighted by atomic mass is 16.5. The molecule has 1 amide bonds. The second-order valence-corrected chi connectivity index (χ2v) is 5.24. The number of benzene rings is 2. The SMILES string of the molecule is COc1ccc(CNC(=O)COc2cccc3cccnc23)cc1. The fraction of sp³-hybridized carbons (Fsp3) is 0.158. The van der Waals surface area contributed by atoms with Crippen LogP contribution in [-0.4, -0.2) is 24.6 Å². The van der Waals surface area contributed by atoms with Gasteiger partial charge in [-0.05, 0) is 29.8 Å². The minimum absolute atomic E-state index is 0.0498. The number of hydrogen-bond donors (Lipinski definition) is 1. The normalized spacial score (nSPS) is 10.4. The molecule has 0 radical (unpaired) electrons. The maximum atomic E-state index is 12.0. The number of methoxy groups -OCH3 is 1. The summed E-state index contributed by atoms with van der Waals surface area (Å²) in [4.78, 5) is 16.3. The monoisotopic (exact) mass is 322 g/mol. The number of amides is 1. The zero-order valence-electron chi connectivity index (χ0n) is 13.4. The summed E-state index contributed by atoms with van der Waals surface area (Å²) >= 11 is 0. The van der Waals surface area contributed by atoms with Crippen LogP contribution in [0.3, 0.4) is 0 Å². The molecule has 0 aliphatic heterocycles. The summed E-state index contributed by atoms with van der Waals surface area (Å²) in [5.74, 6) is 1.21. The third-order valence-corrected chi connectivity index (χ3v) is 3.60. The highest BCUT2D eigenvalue weighted by Crippen LogP contribution is 2.22. The molecule has 5 heteroatoms. The van der Waals surface area contributed by atoms with Crippen molar-refractivity contribution >= 4 is 16.8 Å². The Hall–Kier alpha value is -3.08. The quantitative estimate of drug-likeness (QED) is 0.758. The Morgan fingerprint density at radius 2 is 1.88 bits per heavy atom. The average Bonchev–Trinajstić information content (AvgIpc) is 2.65. The van der Waals surface area contributed by atoms with Crippen LogP contribution in [0.4, 0.5) is 0 Å². The zero-order chi connectivity index (χ0) is 16.8. The highest BCUT2D eigenvalue weighted by Gasteiger charge is 2.06. The number of fused-ring (bicyclic) bond motifs is 1. The molecule has 0 atom stereocenters. The van der Waals surface area contributed by atoms with E-state index in [4.69, 9.17) is 9.47 Å². The van der Waals surface area contributed by atoms with Gasteiger partial charge in [0, 0.05) is 18.1 Å². The van der Waals surface area contributed by atoms with Crippen LogP contribution in [0.2, 0.25) is 0 Å². The lowest BCUT2D eigenvalue weighted by Crippen LogP contribution is -2.28. The van der Waals surface area contributed by atoms with E-state index in [1.165, 1.54) is 0 Å². The number of ether oxygens (including phenoxy) is 2. The predicted octanol–water partition coefficient (Wildman–Crippen LogP) is 2.94. The first-order chi connectivity index (χ1) is 11.8. The number of nitrogens with zero attached hydrogens (tertiary/aromatic N) is 1. The van der Waals surface area contributed by atoms with Crippen LogP contribution in [-0.2, 0) is 11.3 Å². The van der Waals surface area contributed by atoms with E-state index in [-0.39, 0.29) is 12.5 Å². The van der Waals surface area contributed by atoms with Gasteiger partial charge in [0.25, 0.3) is 5.91 Å². The van der Waals surface area contributed by atoms with Gasteiger partial charge in [-0.15, -0.1) is 0 Å². The average molecular weight is 322 g/mol. The highest BCUT2D eigenvalue weighted by molar-refractivity contribution is 5.85. The van der Waals surface area contributed by atoms with Gasteiger partial charge in [0.05, 0.1) is 7.11 Å². The van der Waals surface area contributed by atoms with E-state index in [1.54, 1.807) is 13.3 Å². The molecule has 0 bridgehead atoms. The Labute approximate surface area is 140 Å². The molecule has 1 N–H and O–H groups in total. The molecule has 0 saturated heterocycles. The van der Waals surface area contributed by atoms with Gasteiger partial charge in [-0.2, -0.15) is 0 Å². The summed E-state index contributed by atoms with van der Waals surface area (Å²) in [5.41, 5.74) is 1.75. The lowest BCUT2D eigenvalue weighted by molar-refractivity contribution is -0.123. The zero-order valence-corrected chi connectivity index (χ0v) is 13.4. The Kier molecular flexibility index (Phi) is 4.91. The summed E-state index contributed by atoms with van der Waals surface area (Å²) in [6.07, 6.45) is 1.71. The number of nitrogens with one attached hydrogen (secondary N) is 1. The summed E-state index contributed by atoms with van der Waals surface area (Å²) in [6, 6.07) is 17.0. The molecule has 3 rings (SSSR count). The third kappa shape index (κ3) is 3.81. The van der Waals surface area contributed by atoms with E-state index in [1.807, 2.05) is 54.6 Å². The van der Waals surface area contributed by atoms with Gasteiger partial charge in [0.2, 0.25) is 0 Å². The standard InChI is InChI=1S/C19H18N2O3/c1-23-16-9-7-14(8-10-16)12-21-18(22)13-24-17-6-2-4-15-5-3-11-20-19(15)17/h2-11H,12-13H2,1H3,(H,21,22). The molecule has 0 spiro atoms. The number of para-hydroxylation sites is 1. The predicted molar refractivity (Wildman–Crippen MR) is 92.1 cm³/mol. The van der Waals surface area contributed by atoms with Crippen LogP contribution in [0.1, 0.15) is 5.56 Å². The molecule has 122 valence electrons. The van der Waals surface area contributed by atoms with Crippen molar-refractivity contribution in [1.82, 2.24) is 10.3 Å². The Morgan fingerprint density at radius 3 is 2.67 bits per heavy atom. The van der Waals surface area contributed by atoms with Crippen molar-refractivity contribution in [3.8, 4) is 11.5 Å². The van der Waals surface area contributed by atoms with Crippen LogP contribution < -0.4 is 14.8 Å². The van der Waals surface area contributed by atoms with Crippen LogP contribution in [0.25, 0.3) is 10.9 Å². The molecule has 0 aliphatic rings. The van der Waals surface area contributed by atoms with Gasteiger partial charge in [-0.25, -0.2) is 0 Å². The van der Waals surface area contributed by atoms with Crippen LogP contribution in [0.5, 0.6) is 11.5 Å². The van der Waals surface area contributed by atoms with Crippen LogP contribution in [0, 0.1) is 0 Å². The van der Waals surface area contributed by atoms with Gasteiger partial charge in [-0.1, -0.05) is 30.3 Å². The lowest BCUT2D eigenvalue weighted by atomic mass is 10.2. The van der Waals surface area contributed by atoms with Gasteiger partial charge in [-0.3, -0.25) is 9.78 Å². The van der Waals surface area contributed by atoms with Crippen molar-refractivity contribution in [2.45, 2.75) is 6.54 Å². The number of hydrogen-bond acceptors (Lipinski definition) is 4. The molecule has 5 nitrogen and oxygen atoms in total. The number of rotatable bonds is 6. The lowest BCUT2D eigenvalue weighted by Gasteiger charge is -2.09. The van der Waals surface area contributed by atoms with Crippen molar-refractivity contribution in [3.05, 3.63) is 66.4 Å². The molecular weight excluding hydrogens is 304 g/mol. The molecule has 0 saturated carbocycles. The maximum absolute atomic E-state index is 12.0. The number of aromatic nitrogens is 1. The Bertz CT molecular complexity index is 826. The Balaban J connectivity index is 1.55. The molecule has 24 heavy (non-hydrogen) atoms. The van der Waals surface area contributed by atoms with Crippen LogP contribution in [0.15, 0.2) is 60.8 Å². The molecule has 2 aromatic carbocycles. The van der Waals surface area contributed by atoms with E-state index in [0.717, 1.165) is 22.2 Å². The molecule has 0 aliphatic carbocycles. The van der Waals surface area contributed by atoms with Crippen molar-refractivity contribution in [1.29, 1.82) is 0 Å². The molecule has 3 aromatic rings. The topological polar surface area (TPSA) is 60.5 Å². The molecule has 0 fully saturated rings. The smallest absolute Gasteiger partial charge is 0.258 e. The largest absolute Gasteiger partial charge is 0.497 e. The summed E-state index contributed by atoms with van der Waals surface area (Å²) in [7, 11) is 1.62. The molecular formula is C19H18N2O3.